The number of rotatable bonds is 1. The van der Waals surface area contributed by atoms with Crippen LogP contribution in [0.3, 0.4) is 0 Å². The first-order chi connectivity index (χ1) is 7.59. The molecule has 16 heavy (non-hydrogen) atoms. The van der Waals surface area contributed by atoms with E-state index < -0.39 is 11.9 Å². The standard InChI is InChI=1S/C12H14FNO2/c1-8-3-2-4-10(11(8)13)12(16)14-6-5-9(15)7-14/h2-4,9,15H,5-7H2,1H3/t9-/m1/s1. The highest BCUT2D eigenvalue weighted by Crippen LogP contribution is 2.17. The summed E-state index contributed by atoms with van der Waals surface area (Å²) in [7, 11) is 0. The van der Waals surface area contributed by atoms with Gasteiger partial charge in [0.25, 0.3) is 5.91 Å². The van der Waals surface area contributed by atoms with Crippen molar-refractivity contribution in [3.05, 3.63) is 35.1 Å². The Balaban J connectivity index is 2.24. The third-order valence-electron chi connectivity index (χ3n) is 2.87. The number of hydrogen-bond acceptors (Lipinski definition) is 2. The van der Waals surface area contributed by atoms with Crippen LogP contribution >= 0.6 is 0 Å². The average Bonchev–Trinajstić information content (AvgIpc) is 2.68. The van der Waals surface area contributed by atoms with Crippen LogP contribution < -0.4 is 0 Å². The van der Waals surface area contributed by atoms with Crippen molar-refractivity contribution in [1.29, 1.82) is 0 Å². The second-order valence-corrected chi connectivity index (χ2v) is 4.13. The van der Waals surface area contributed by atoms with Crippen LogP contribution in [-0.4, -0.2) is 35.1 Å². The molecule has 0 aliphatic carbocycles. The smallest absolute Gasteiger partial charge is 0.256 e. The van der Waals surface area contributed by atoms with Crippen LogP contribution in [0.5, 0.6) is 0 Å². The maximum Gasteiger partial charge on any atom is 0.256 e. The van der Waals surface area contributed by atoms with Crippen LogP contribution in [0.4, 0.5) is 4.39 Å². The number of carbonyl (C=O) groups is 1. The normalized spacial score (nSPS) is 20.2. The summed E-state index contributed by atoms with van der Waals surface area (Å²) in [5, 5.41) is 9.33. The Bertz CT molecular complexity index is 419. The van der Waals surface area contributed by atoms with E-state index in [0.717, 1.165) is 0 Å². The molecule has 0 spiro atoms. The summed E-state index contributed by atoms with van der Waals surface area (Å²) >= 11 is 0. The third-order valence-corrected chi connectivity index (χ3v) is 2.87. The van der Waals surface area contributed by atoms with Gasteiger partial charge in [0.15, 0.2) is 0 Å². The molecule has 0 radical (unpaired) electrons. The predicted octanol–water partition coefficient (Wildman–Crippen LogP) is 1.34. The maximum atomic E-state index is 13.7. The summed E-state index contributed by atoms with van der Waals surface area (Å²) in [6.07, 6.45) is 0.0935. The van der Waals surface area contributed by atoms with Crippen molar-refractivity contribution in [3.63, 3.8) is 0 Å². The van der Waals surface area contributed by atoms with Gasteiger partial charge in [-0.05, 0) is 25.0 Å². The molecule has 0 bridgehead atoms. The summed E-state index contributed by atoms with van der Waals surface area (Å²) in [5.74, 6) is -0.799. The number of likely N-dealkylation sites (tertiary alicyclic amines) is 1. The van der Waals surface area contributed by atoms with Gasteiger partial charge in [-0.25, -0.2) is 4.39 Å². The molecule has 1 aromatic rings. The lowest BCUT2D eigenvalue weighted by molar-refractivity contribution is 0.0760. The fourth-order valence-electron chi connectivity index (χ4n) is 1.91. The molecule has 86 valence electrons. The first-order valence-electron chi connectivity index (χ1n) is 5.32. The van der Waals surface area contributed by atoms with Crippen molar-refractivity contribution in [2.24, 2.45) is 0 Å². The molecule has 1 aliphatic rings. The van der Waals surface area contributed by atoms with Gasteiger partial charge in [-0.1, -0.05) is 12.1 Å². The monoisotopic (exact) mass is 223 g/mol. The van der Waals surface area contributed by atoms with E-state index in [1.54, 1.807) is 19.1 Å². The maximum absolute atomic E-state index is 13.7. The number of benzene rings is 1. The molecule has 1 atom stereocenters. The molecular formula is C12H14FNO2. The minimum Gasteiger partial charge on any atom is -0.391 e. The van der Waals surface area contributed by atoms with Crippen molar-refractivity contribution in [2.75, 3.05) is 13.1 Å². The van der Waals surface area contributed by atoms with Crippen molar-refractivity contribution in [3.8, 4) is 0 Å². The first kappa shape index (κ1) is 11.1. The average molecular weight is 223 g/mol. The number of nitrogens with zero attached hydrogens (tertiary/aromatic N) is 1. The van der Waals surface area contributed by atoms with Gasteiger partial charge in [-0.2, -0.15) is 0 Å². The van der Waals surface area contributed by atoms with E-state index >= 15 is 0 Å². The zero-order valence-electron chi connectivity index (χ0n) is 9.11. The highest BCUT2D eigenvalue weighted by atomic mass is 19.1. The van der Waals surface area contributed by atoms with Gasteiger partial charge in [0.1, 0.15) is 5.82 Å². The fourth-order valence-corrected chi connectivity index (χ4v) is 1.91. The minimum atomic E-state index is -0.475. The Morgan fingerprint density at radius 3 is 2.94 bits per heavy atom. The van der Waals surface area contributed by atoms with Gasteiger partial charge < -0.3 is 10.0 Å². The van der Waals surface area contributed by atoms with Gasteiger partial charge in [-0.15, -0.1) is 0 Å². The van der Waals surface area contributed by atoms with Crippen molar-refractivity contribution in [1.82, 2.24) is 4.90 Å². The molecule has 1 heterocycles. The van der Waals surface area contributed by atoms with E-state index in [1.165, 1.54) is 11.0 Å². The Morgan fingerprint density at radius 1 is 1.56 bits per heavy atom. The van der Waals surface area contributed by atoms with Crippen molar-refractivity contribution < 1.29 is 14.3 Å². The predicted molar refractivity (Wildman–Crippen MR) is 57.7 cm³/mol. The quantitative estimate of drug-likeness (QED) is 0.780. The SMILES string of the molecule is Cc1cccc(C(=O)N2CC[C@@H](O)C2)c1F. The van der Waals surface area contributed by atoms with Gasteiger partial charge in [-0.3, -0.25) is 4.79 Å². The highest BCUT2D eigenvalue weighted by Gasteiger charge is 2.27. The second-order valence-electron chi connectivity index (χ2n) is 4.13. The Morgan fingerprint density at radius 2 is 2.31 bits per heavy atom. The zero-order valence-corrected chi connectivity index (χ0v) is 9.11. The van der Waals surface area contributed by atoms with Crippen LogP contribution in [0.2, 0.25) is 0 Å². The topological polar surface area (TPSA) is 40.5 Å². The van der Waals surface area contributed by atoms with Crippen LogP contribution in [0, 0.1) is 12.7 Å². The molecule has 2 rings (SSSR count). The second kappa shape index (κ2) is 4.22. The summed E-state index contributed by atoms with van der Waals surface area (Å²) in [6, 6.07) is 4.78. The summed E-state index contributed by atoms with van der Waals surface area (Å²) in [6.45, 7) is 2.42. The van der Waals surface area contributed by atoms with Crippen LogP contribution in [-0.2, 0) is 0 Å². The molecule has 1 saturated heterocycles. The molecule has 1 amide bonds. The molecule has 1 fully saturated rings. The van der Waals surface area contributed by atoms with Crippen molar-refractivity contribution in [2.45, 2.75) is 19.4 Å². The Labute approximate surface area is 93.5 Å². The number of amides is 1. The molecule has 0 unspecified atom stereocenters. The van der Waals surface area contributed by atoms with Gasteiger partial charge in [0.2, 0.25) is 0 Å². The van der Waals surface area contributed by atoms with Gasteiger partial charge in [0, 0.05) is 13.1 Å². The van der Waals surface area contributed by atoms with E-state index in [2.05, 4.69) is 0 Å². The lowest BCUT2D eigenvalue weighted by atomic mass is 10.1. The van der Waals surface area contributed by atoms with Crippen LogP contribution in [0.25, 0.3) is 0 Å². The van der Waals surface area contributed by atoms with Crippen LogP contribution in [0.15, 0.2) is 18.2 Å². The number of aliphatic hydroxyl groups is 1. The first-order valence-corrected chi connectivity index (χ1v) is 5.32. The number of carbonyl (C=O) groups excluding carboxylic acids is 1. The molecule has 0 saturated carbocycles. The molecule has 4 heteroatoms. The molecule has 1 aromatic carbocycles. The summed E-state index contributed by atoms with van der Waals surface area (Å²) in [4.78, 5) is 13.4. The Kier molecular flexibility index (Phi) is 2.92. The largest absolute Gasteiger partial charge is 0.391 e. The van der Waals surface area contributed by atoms with E-state index in [4.69, 9.17) is 0 Å². The van der Waals surface area contributed by atoms with E-state index in [0.29, 0.717) is 25.1 Å². The molecule has 0 aromatic heterocycles. The molecule has 3 nitrogen and oxygen atoms in total. The number of hydrogen-bond donors (Lipinski definition) is 1. The zero-order chi connectivity index (χ0) is 11.7. The van der Waals surface area contributed by atoms with Crippen molar-refractivity contribution >= 4 is 5.91 Å². The molecule has 1 aliphatic heterocycles. The third kappa shape index (κ3) is 1.93. The number of aryl methyl sites for hydroxylation is 1. The fraction of sp³-hybridized carbons (Fsp3) is 0.417. The van der Waals surface area contributed by atoms with Gasteiger partial charge in [0.05, 0.1) is 11.7 Å². The molecule has 1 N–H and O–H groups in total. The van der Waals surface area contributed by atoms with Crippen LogP contribution in [0.1, 0.15) is 22.3 Å². The van der Waals surface area contributed by atoms with Gasteiger partial charge >= 0.3 is 0 Å². The summed E-state index contributed by atoms with van der Waals surface area (Å²) in [5.41, 5.74) is 0.555. The summed E-state index contributed by atoms with van der Waals surface area (Å²) < 4.78 is 13.7. The Hall–Kier alpha value is -1.42. The van der Waals surface area contributed by atoms with E-state index in [1.807, 2.05) is 0 Å². The minimum absolute atomic E-state index is 0.0918. The number of β-amino-alcohol motifs (C(OH)–C–C–N with tert-alkyl or cyclic N) is 1. The lowest BCUT2D eigenvalue weighted by Gasteiger charge is -2.16. The van der Waals surface area contributed by atoms with E-state index in [9.17, 15) is 14.3 Å². The highest BCUT2D eigenvalue weighted by molar-refractivity contribution is 5.94. The number of halogens is 1. The lowest BCUT2D eigenvalue weighted by Crippen LogP contribution is -2.30. The van der Waals surface area contributed by atoms with E-state index in [-0.39, 0.29) is 11.5 Å². The number of aliphatic hydroxyl groups excluding tert-OH is 1. The molecular weight excluding hydrogens is 209 g/mol.